The highest BCUT2D eigenvalue weighted by Crippen LogP contribution is 2.20. The third kappa shape index (κ3) is 8.24. The first-order valence-corrected chi connectivity index (χ1v) is 14.9. The molecule has 2 atom stereocenters. The molecule has 0 saturated carbocycles. The Kier molecular flexibility index (Phi) is 10.4. The molecule has 0 aliphatic heterocycles. The van der Waals surface area contributed by atoms with Crippen molar-refractivity contribution < 1.29 is 14.7 Å². The maximum atomic E-state index is 13.5. The molecule has 0 spiro atoms. The summed E-state index contributed by atoms with van der Waals surface area (Å²) in [5, 5.41) is 17.2. The van der Waals surface area contributed by atoms with Gasteiger partial charge < -0.3 is 20.2 Å². The van der Waals surface area contributed by atoms with Crippen LogP contribution >= 0.6 is 11.3 Å². The smallest absolute Gasteiger partial charge is 0.253 e. The first-order valence-electron chi connectivity index (χ1n) is 14.1. The monoisotopic (exact) mass is 585 g/mol. The van der Waals surface area contributed by atoms with Crippen molar-refractivity contribution in [3.63, 3.8) is 0 Å². The second-order valence-electron chi connectivity index (χ2n) is 11.0. The zero-order chi connectivity index (χ0) is 30.2. The summed E-state index contributed by atoms with van der Waals surface area (Å²) in [5.74, 6) is -0.217. The minimum atomic E-state index is -0.875. The fourth-order valence-corrected chi connectivity index (χ4v) is 5.47. The van der Waals surface area contributed by atoms with Gasteiger partial charge in [0.2, 0.25) is 0 Å². The van der Waals surface area contributed by atoms with Crippen LogP contribution in [0.4, 0.5) is 5.69 Å². The SMILES string of the molecule is Cc1csc(CN(C)C(=O)c2cccc(C(=O)N[C@H](Cc3ccccc3)[C@H](O)CN(C)c3cncc(C(C)C)c3)c2)n1. The number of benzene rings is 2. The van der Waals surface area contributed by atoms with E-state index < -0.39 is 12.1 Å². The molecular formula is C33H39N5O3S. The van der Waals surface area contributed by atoms with Crippen LogP contribution < -0.4 is 10.2 Å². The lowest BCUT2D eigenvalue weighted by molar-refractivity contribution is 0.0784. The first-order chi connectivity index (χ1) is 20.1. The zero-order valence-corrected chi connectivity index (χ0v) is 25.6. The van der Waals surface area contributed by atoms with Crippen LogP contribution in [0.1, 0.15) is 62.3 Å². The van der Waals surface area contributed by atoms with E-state index in [1.807, 2.05) is 60.8 Å². The van der Waals surface area contributed by atoms with Crippen LogP contribution in [0.2, 0.25) is 0 Å². The number of hydrogen-bond donors (Lipinski definition) is 2. The number of aromatic nitrogens is 2. The summed E-state index contributed by atoms with van der Waals surface area (Å²) < 4.78 is 0. The molecule has 0 fully saturated rings. The molecule has 8 nitrogen and oxygen atoms in total. The first kappa shape index (κ1) is 30.9. The predicted molar refractivity (Wildman–Crippen MR) is 168 cm³/mol. The van der Waals surface area contributed by atoms with Crippen molar-refractivity contribution in [2.75, 3.05) is 25.5 Å². The van der Waals surface area contributed by atoms with Crippen LogP contribution in [0.15, 0.2) is 78.4 Å². The van der Waals surface area contributed by atoms with Crippen molar-refractivity contribution in [2.24, 2.45) is 0 Å². The van der Waals surface area contributed by atoms with Gasteiger partial charge in [-0.1, -0.05) is 50.2 Å². The number of carbonyl (C=O) groups is 2. The van der Waals surface area contributed by atoms with Gasteiger partial charge in [-0.2, -0.15) is 0 Å². The summed E-state index contributed by atoms with van der Waals surface area (Å²) in [5.41, 5.74) is 4.70. The van der Waals surface area contributed by atoms with Crippen molar-refractivity contribution in [3.05, 3.63) is 111 Å². The molecule has 4 aromatic rings. The van der Waals surface area contributed by atoms with Gasteiger partial charge in [0.1, 0.15) is 5.01 Å². The highest BCUT2D eigenvalue weighted by Gasteiger charge is 2.25. The molecule has 0 radical (unpaired) electrons. The molecule has 0 saturated heterocycles. The van der Waals surface area contributed by atoms with Crippen LogP contribution in [0, 0.1) is 6.92 Å². The summed E-state index contributed by atoms with van der Waals surface area (Å²) in [4.78, 5) is 39.0. The van der Waals surface area contributed by atoms with Gasteiger partial charge in [0, 0.05) is 49.0 Å². The molecule has 0 aliphatic carbocycles. The maximum Gasteiger partial charge on any atom is 0.253 e. The van der Waals surface area contributed by atoms with Crippen molar-refractivity contribution in [3.8, 4) is 0 Å². The number of rotatable bonds is 12. The normalized spacial score (nSPS) is 12.5. The fraction of sp³-hybridized carbons (Fsp3) is 0.333. The standard InChI is InChI=1S/C33H39N5O3S/c1-22(2)27-16-28(18-34-17-27)37(4)19-30(39)29(14-24-10-7-6-8-11-24)36-32(40)25-12-9-13-26(15-25)33(41)38(5)20-31-35-23(3)21-42-31/h6-13,15-18,21-22,29-30,39H,14,19-20H2,1-5H3,(H,36,40)/t29-,30-/m1/s1. The Hall–Kier alpha value is -4.08. The molecule has 2 aromatic carbocycles. The number of likely N-dealkylation sites (N-methyl/N-ethyl adjacent to an activating group) is 1. The van der Waals surface area contributed by atoms with E-state index in [0.717, 1.165) is 27.5 Å². The number of amides is 2. The lowest BCUT2D eigenvalue weighted by Crippen LogP contribution is -2.49. The van der Waals surface area contributed by atoms with Gasteiger partial charge in [-0.3, -0.25) is 14.6 Å². The maximum absolute atomic E-state index is 13.5. The highest BCUT2D eigenvalue weighted by molar-refractivity contribution is 7.09. The van der Waals surface area contributed by atoms with Crippen LogP contribution in [0.3, 0.4) is 0 Å². The average molecular weight is 586 g/mol. The quantitative estimate of drug-likeness (QED) is 0.241. The molecule has 9 heteroatoms. The topological polar surface area (TPSA) is 98.7 Å². The van der Waals surface area contributed by atoms with E-state index in [1.165, 1.54) is 11.3 Å². The van der Waals surface area contributed by atoms with Crippen molar-refractivity contribution in [1.82, 2.24) is 20.2 Å². The molecule has 0 bridgehead atoms. The molecule has 2 aromatic heterocycles. The molecule has 220 valence electrons. The lowest BCUT2D eigenvalue weighted by Gasteiger charge is -2.29. The van der Waals surface area contributed by atoms with Crippen molar-refractivity contribution >= 4 is 28.8 Å². The predicted octanol–water partition coefficient (Wildman–Crippen LogP) is 5.08. The van der Waals surface area contributed by atoms with Gasteiger partial charge in [0.15, 0.2) is 0 Å². The number of carbonyl (C=O) groups excluding carboxylic acids is 2. The Morgan fingerprint density at radius 1 is 1.00 bits per heavy atom. The second-order valence-corrected chi connectivity index (χ2v) is 11.9. The zero-order valence-electron chi connectivity index (χ0n) is 24.8. The molecule has 2 N–H and O–H groups in total. The van der Waals surface area contributed by atoms with E-state index in [1.54, 1.807) is 42.4 Å². The number of anilines is 1. The number of nitrogens with one attached hydrogen (secondary N) is 1. The second kappa shape index (κ2) is 14.2. The van der Waals surface area contributed by atoms with Crippen LogP contribution in [0.25, 0.3) is 0 Å². The number of nitrogens with zero attached hydrogens (tertiary/aromatic N) is 4. The highest BCUT2D eigenvalue weighted by atomic mass is 32.1. The van der Waals surface area contributed by atoms with E-state index in [-0.39, 0.29) is 11.8 Å². The van der Waals surface area contributed by atoms with E-state index >= 15 is 0 Å². The summed E-state index contributed by atoms with van der Waals surface area (Å²) in [6.45, 7) is 6.83. The van der Waals surface area contributed by atoms with E-state index in [9.17, 15) is 14.7 Å². The Morgan fingerprint density at radius 2 is 1.74 bits per heavy atom. The molecular weight excluding hydrogens is 546 g/mol. The van der Waals surface area contributed by atoms with Crippen molar-refractivity contribution in [2.45, 2.75) is 51.8 Å². The molecule has 0 unspecified atom stereocenters. The van der Waals surface area contributed by atoms with E-state index in [0.29, 0.717) is 36.6 Å². The van der Waals surface area contributed by atoms with Gasteiger partial charge in [0.05, 0.1) is 30.6 Å². The number of pyridine rings is 1. The number of hydrogen-bond acceptors (Lipinski definition) is 7. The summed E-state index contributed by atoms with van der Waals surface area (Å²) in [7, 11) is 3.63. The number of aryl methyl sites for hydroxylation is 1. The van der Waals surface area contributed by atoms with Crippen molar-refractivity contribution in [1.29, 1.82) is 0 Å². The van der Waals surface area contributed by atoms with E-state index in [4.69, 9.17) is 0 Å². The third-order valence-electron chi connectivity index (χ3n) is 7.15. The van der Waals surface area contributed by atoms with Gasteiger partial charge in [0.25, 0.3) is 11.8 Å². The Morgan fingerprint density at radius 3 is 2.43 bits per heavy atom. The van der Waals surface area contributed by atoms with Gasteiger partial charge in [-0.15, -0.1) is 11.3 Å². The van der Waals surface area contributed by atoms with Gasteiger partial charge >= 0.3 is 0 Å². The minimum Gasteiger partial charge on any atom is -0.389 e. The van der Waals surface area contributed by atoms with Crippen LogP contribution in [0.5, 0.6) is 0 Å². The van der Waals surface area contributed by atoms with Gasteiger partial charge in [-0.05, 0) is 54.7 Å². The van der Waals surface area contributed by atoms with Crippen LogP contribution in [-0.4, -0.2) is 64.6 Å². The fourth-order valence-electron chi connectivity index (χ4n) is 4.65. The Balaban J connectivity index is 1.49. The molecule has 4 rings (SSSR count). The summed E-state index contributed by atoms with van der Waals surface area (Å²) >= 11 is 1.51. The Labute approximate surface area is 252 Å². The minimum absolute atomic E-state index is 0.197. The average Bonchev–Trinajstić information content (AvgIpc) is 3.40. The number of thiazole rings is 1. The Bertz CT molecular complexity index is 1490. The van der Waals surface area contributed by atoms with E-state index in [2.05, 4.69) is 35.2 Å². The molecule has 42 heavy (non-hydrogen) atoms. The van der Waals surface area contributed by atoms with Gasteiger partial charge in [-0.25, -0.2) is 4.98 Å². The van der Waals surface area contributed by atoms with Crippen LogP contribution in [-0.2, 0) is 13.0 Å². The molecule has 2 amide bonds. The largest absolute Gasteiger partial charge is 0.389 e. The third-order valence-corrected chi connectivity index (χ3v) is 8.10. The molecule has 0 aliphatic rings. The summed E-state index contributed by atoms with van der Waals surface area (Å²) in [6, 6.07) is 18.0. The molecule has 2 heterocycles. The number of aliphatic hydroxyl groups is 1. The summed E-state index contributed by atoms with van der Waals surface area (Å²) in [6.07, 6.45) is 3.20. The number of aliphatic hydroxyl groups excluding tert-OH is 1. The lowest BCUT2D eigenvalue weighted by atomic mass is 9.99.